The van der Waals surface area contributed by atoms with Crippen molar-refractivity contribution in [3.63, 3.8) is 0 Å². The fourth-order valence-electron chi connectivity index (χ4n) is 3.91. The molecule has 2 aliphatic heterocycles. The molecule has 1 atom stereocenters. The molecule has 2 N–H and O–H groups in total. The van der Waals surface area contributed by atoms with Gasteiger partial charge in [-0.3, -0.25) is 9.78 Å². The Kier molecular flexibility index (Phi) is 13.9. The van der Waals surface area contributed by atoms with Crippen molar-refractivity contribution in [2.24, 2.45) is 0 Å². The second-order valence-corrected chi connectivity index (χ2v) is 11.1. The van der Waals surface area contributed by atoms with Gasteiger partial charge in [-0.1, -0.05) is 18.2 Å². The number of likely N-dealkylation sites (tertiary alicyclic amines) is 1. The van der Waals surface area contributed by atoms with E-state index in [1.807, 2.05) is 12.3 Å². The summed E-state index contributed by atoms with van der Waals surface area (Å²) < 4.78 is 18.3. The number of hydrogen-bond donors (Lipinski definition) is 0. The summed E-state index contributed by atoms with van der Waals surface area (Å²) in [7, 11) is 6.50. The number of halogens is 1. The number of carbonyl (C=O) groups is 1. The van der Waals surface area contributed by atoms with Gasteiger partial charge in [0.25, 0.3) is 0 Å². The van der Waals surface area contributed by atoms with Crippen LogP contribution in [0.3, 0.4) is 0 Å². The molecule has 38 heavy (non-hydrogen) atoms. The maximum absolute atomic E-state index is 12.5. The normalized spacial score (nSPS) is 18.7. The zero-order valence-corrected chi connectivity index (χ0v) is 26.4. The van der Waals surface area contributed by atoms with Crippen molar-refractivity contribution in [2.45, 2.75) is 44.2 Å². The molecule has 3 fully saturated rings. The first-order chi connectivity index (χ1) is 17.7. The second kappa shape index (κ2) is 16.1. The van der Waals surface area contributed by atoms with Gasteiger partial charge in [-0.05, 0) is 89.1 Å². The number of likely N-dealkylation sites (N-methyl/N-ethyl adjacent to an activating group) is 2. The van der Waals surface area contributed by atoms with Gasteiger partial charge in [-0.25, -0.2) is 4.39 Å². The molecule has 1 radical (unpaired) electrons. The predicted molar refractivity (Wildman–Crippen MR) is 151 cm³/mol. The molecule has 1 saturated carbocycles. The third kappa shape index (κ3) is 10.3. The molecular weight excluding hydrogens is 578 g/mol. The monoisotopic (exact) mass is 616 g/mol. The van der Waals surface area contributed by atoms with Gasteiger partial charge >= 0.3 is 0 Å². The SMILES string of the molecule is CN1CCC(N(C)C)C1.Cc1ccc([NH-])cc1F.O=Cc1cc2nccc(C3CC3)c2s1.[NH-]C1COC1.[Y]. The molecule has 1 aromatic carbocycles. The van der Waals surface area contributed by atoms with Crippen LogP contribution in [0.25, 0.3) is 21.7 Å². The van der Waals surface area contributed by atoms with E-state index in [0.29, 0.717) is 18.8 Å². The summed E-state index contributed by atoms with van der Waals surface area (Å²) in [5, 5.41) is 0. The molecule has 3 aromatic rings. The molecule has 2 saturated heterocycles. The van der Waals surface area contributed by atoms with E-state index in [1.54, 1.807) is 30.4 Å². The number of aldehydes is 1. The van der Waals surface area contributed by atoms with E-state index in [4.69, 9.17) is 11.5 Å². The van der Waals surface area contributed by atoms with Crippen LogP contribution in [0.2, 0.25) is 0 Å². The molecule has 1 aliphatic carbocycles. The summed E-state index contributed by atoms with van der Waals surface area (Å²) in [4.78, 5) is 20.4. The van der Waals surface area contributed by atoms with Crippen LogP contribution in [-0.2, 0) is 37.4 Å². The van der Waals surface area contributed by atoms with Gasteiger partial charge in [0.05, 0.1) is 15.1 Å². The first-order valence-electron chi connectivity index (χ1n) is 12.6. The van der Waals surface area contributed by atoms with E-state index < -0.39 is 0 Å². The van der Waals surface area contributed by atoms with Crippen LogP contribution in [0.1, 0.15) is 46.0 Å². The third-order valence-electron chi connectivity index (χ3n) is 6.50. The summed E-state index contributed by atoms with van der Waals surface area (Å²) in [6, 6.07) is 9.22. The number of ether oxygens (including phenoxy) is 1. The number of thiophene rings is 1. The number of benzene rings is 1. The average molecular weight is 617 g/mol. The van der Waals surface area contributed by atoms with Crippen LogP contribution in [-0.4, -0.2) is 80.6 Å². The Morgan fingerprint density at radius 3 is 2.29 bits per heavy atom. The van der Waals surface area contributed by atoms with Crippen molar-refractivity contribution in [3.05, 3.63) is 69.8 Å². The molecule has 205 valence electrons. The number of nitrogens with one attached hydrogen (secondary N) is 2. The number of nitrogens with zero attached hydrogens (tertiary/aromatic N) is 3. The largest absolute Gasteiger partial charge is 0.699 e. The molecule has 0 spiro atoms. The smallest absolute Gasteiger partial charge is 0.160 e. The van der Waals surface area contributed by atoms with Gasteiger partial charge in [-0.15, -0.1) is 17.0 Å². The molecule has 3 aliphatic rings. The zero-order valence-electron chi connectivity index (χ0n) is 22.7. The van der Waals surface area contributed by atoms with Crippen LogP contribution in [0, 0.1) is 12.7 Å². The van der Waals surface area contributed by atoms with E-state index >= 15 is 0 Å². The first kappa shape index (κ1) is 32.9. The summed E-state index contributed by atoms with van der Waals surface area (Å²) in [5.74, 6) is 0.418. The molecule has 7 nitrogen and oxygen atoms in total. The Balaban J connectivity index is 0.000000187. The van der Waals surface area contributed by atoms with E-state index in [0.717, 1.165) is 28.6 Å². The quantitative estimate of drug-likeness (QED) is 0.314. The molecule has 2 aromatic heterocycles. The Morgan fingerprint density at radius 1 is 1.18 bits per heavy atom. The molecule has 4 heterocycles. The second-order valence-electron chi connectivity index (χ2n) is 10.0. The van der Waals surface area contributed by atoms with E-state index in [1.165, 1.54) is 48.7 Å². The number of rotatable bonds is 3. The third-order valence-corrected chi connectivity index (χ3v) is 7.60. The average Bonchev–Trinajstić information content (AvgIpc) is 3.45. The molecule has 0 amide bonds. The van der Waals surface area contributed by atoms with E-state index in [9.17, 15) is 9.18 Å². The molecule has 6 rings (SSSR count). The van der Waals surface area contributed by atoms with Gasteiger partial charge in [0, 0.05) is 64.7 Å². The molecule has 0 bridgehead atoms. The Bertz CT molecular complexity index is 1150. The standard InChI is InChI=1S/C11H9NOS.C7H7FN.C7H16N2.C3H6NO.Y/c13-6-8-5-10-11(14-8)9(3-4-12-10)7-1-2-7;1-5-2-3-6(9)4-7(5)8;1-8(2)7-4-5-9(3)6-7;4-3-1-5-2-3;/h3-7H,1-2H2;2-4,9H,1H3;7H,4-6H2,1-3H3;3-4H,1-2H2;/q;-1;;-1;. The molecule has 1 unspecified atom stereocenters. The topological polar surface area (TPSA) is 93.3 Å². The zero-order chi connectivity index (χ0) is 26.9. The van der Waals surface area contributed by atoms with Crippen LogP contribution in [0.15, 0.2) is 36.5 Å². The predicted octanol–water partition coefficient (Wildman–Crippen LogP) is 6.49. The number of aryl methyl sites for hydroxylation is 1. The van der Waals surface area contributed by atoms with Gasteiger partial charge in [0.1, 0.15) is 5.82 Å². The van der Waals surface area contributed by atoms with Crippen molar-refractivity contribution < 1.29 is 46.6 Å². The minimum absolute atomic E-state index is 0. The summed E-state index contributed by atoms with van der Waals surface area (Å²) >= 11 is 1.56. The van der Waals surface area contributed by atoms with Crippen LogP contribution in [0.5, 0.6) is 0 Å². The molecule has 10 heteroatoms. The number of carbonyl (C=O) groups excluding carboxylic acids is 1. The fourth-order valence-corrected chi connectivity index (χ4v) is 4.93. The van der Waals surface area contributed by atoms with Gasteiger partial charge in [0.2, 0.25) is 0 Å². The number of hydrogen-bond acceptors (Lipinski definition) is 6. The Labute approximate surface area is 255 Å². The first-order valence-corrected chi connectivity index (χ1v) is 13.4. The summed E-state index contributed by atoms with van der Waals surface area (Å²) in [6.07, 6.45) is 6.66. The van der Waals surface area contributed by atoms with Crippen molar-refractivity contribution in [3.8, 4) is 0 Å². The van der Waals surface area contributed by atoms with Gasteiger partial charge in [0.15, 0.2) is 6.29 Å². The van der Waals surface area contributed by atoms with Crippen molar-refractivity contribution in [2.75, 3.05) is 47.4 Å². The number of pyridine rings is 1. The molecular formula is C28H38FN5O2SY-2. The fraction of sp³-hybridized carbons (Fsp3) is 0.500. The van der Waals surface area contributed by atoms with E-state index in [2.05, 4.69) is 46.7 Å². The van der Waals surface area contributed by atoms with Crippen molar-refractivity contribution >= 4 is 33.5 Å². The number of fused-ring (bicyclic) bond motifs is 1. The summed E-state index contributed by atoms with van der Waals surface area (Å²) in [6.45, 7) is 5.49. The van der Waals surface area contributed by atoms with E-state index in [-0.39, 0.29) is 50.3 Å². The van der Waals surface area contributed by atoms with Crippen LogP contribution < -0.4 is 0 Å². The van der Waals surface area contributed by atoms with Crippen molar-refractivity contribution in [1.82, 2.24) is 14.8 Å². The minimum Gasteiger partial charge on any atom is -0.699 e. The number of aromatic nitrogens is 1. The maximum Gasteiger partial charge on any atom is 0.160 e. The van der Waals surface area contributed by atoms with Crippen LogP contribution in [0.4, 0.5) is 10.1 Å². The maximum atomic E-state index is 12.5. The Hall–Kier alpha value is -1.33. The Morgan fingerprint density at radius 2 is 1.87 bits per heavy atom. The summed E-state index contributed by atoms with van der Waals surface area (Å²) in [5.41, 5.74) is 16.9. The van der Waals surface area contributed by atoms with Gasteiger partial charge in [-0.2, -0.15) is 0 Å². The van der Waals surface area contributed by atoms with Gasteiger partial charge < -0.3 is 26.0 Å². The minimum atomic E-state index is -0.303. The van der Waals surface area contributed by atoms with Crippen molar-refractivity contribution in [1.29, 1.82) is 0 Å². The van der Waals surface area contributed by atoms with Crippen LogP contribution >= 0.6 is 11.3 Å².